The summed E-state index contributed by atoms with van der Waals surface area (Å²) in [5.74, 6) is 0.799. The molecule has 1 aromatic carbocycles. The lowest BCUT2D eigenvalue weighted by Gasteiger charge is -2.26. The Morgan fingerprint density at radius 3 is 2.89 bits per heavy atom. The maximum absolute atomic E-state index is 12.6. The van der Waals surface area contributed by atoms with E-state index in [1.807, 2.05) is 31.2 Å². The monoisotopic (exact) mass is 405 g/mol. The summed E-state index contributed by atoms with van der Waals surface area (Å²) in [5.41, 5.74) is 1.82. The van der Waals surface area contributed by atoms with Crippen LogP contribution >= 0.6 is 23.1 Å². The Morgan fingerprint density at radius 2 is 2.11 bits per heavy atom. The van der Waals surface area contributed by atoms with Gasteiger partial charge in [0, 0.05) is 35.7 Å². The summed E-state index contributed by atoms with van der Waals surface area (Å²) in [7, 11) is 0. The fourth-order valence-electron chi connectivity index (χ4n) is 2.99. The van der Waals surface area contributed by atoms with Crippen molar-refractivity contribution in [1.29, 1.82) is 0 Å². The Balaban J connectivity index is 1.42. The van der Waals surface area contributed by atoms with Gasteiger partial charge in [-0.05, 0) is 38.4 Å². The van der Waals surface area contributed by atoms with E-state index in [0.717, 1.165) is 72.6 Å². The number of aryl methyl sites for hydroxylation is 1. The van der Waals surface area contributed by atoms with Crippen molar-refractivity contribution in [2.24, 2.45) is 0 Å². The van der Waals surface area contributed by atoms with Gasteiger partial charge < -0.3 is 10.1 Å². The number of carbonyl (C=O) groups is 1. The van der Waals surface area contributed by atoms with Gasteiger partial charge >= 0.3 is 0 Å². The number of nitrogens with one attached hydrogen (secondary N) is 1. The number of ether oxygens (including phenoxy) is 1. The zero-order valence-electron chi connectivity index (χ0n) is 15.8. The Labute approximate surface area is 169 Å². The number of hydrogen-bond acceptors (Lipinski definition) is 6. The van der Waals surface area contributed by atoms with E-state index >= 15 is 0 Å². The standard InChI is InChI=1S/C20H27N3O2S2/c1-16-22-17(14-26-16)15-27-19-7-3-2-6-18(19)20(24)21-8-4-5-9-23-10-12-25-13-11-23/h2-3,6-7,14H,4-5,8-13,15H2,1H3,(H,21,24). The molecule has 2 heterocycles. The maximum Gasteiger partial charge on any atom is 0.252 e. The SMILES string of the molecule is Cc1nc(CSc2ccccc2C(=O)NCCCCN2CCOCC2)cs1. The molecule has 0 aliphatic carbocycles. The van der Waals surface area contributed by atoms with E-state index in [1.165, 1.54) is 0 Å². The molecule has 1 amide bonds. The third-order valence-electron chi connectivity index (χ3n) is 4.46. The number of thiazole rings is 1. The third-order valence-corrected chi connectivity index (χ3v) is 6.39. The van der Waals surface area contributed by atoms with Gasteiger partial charge in [-0.2, -0.15) is 0 Å². The minimum atomic E-state index is 0.0129. The number of amides is 1. The van der Waals surface area contributed by atoms with Gasteiger partial charge in [-0.15, -0.1) is 23.1 Å². The van der Waals surface area contributed by atoms with Crippen LogP contribution in [0.1, 0.15) is 33.9 Å². The normalized spacial score (nSPS) is 15.0. The smallest absolute Gasteiger partial charge is 0.252 e. The minimum absolute atomic E-state index is 0.0129. The summed E-state index contributed by atoms with van der Waals surface area (Å²) in [4.78, 5) is 20.5. The highest BCUT2D eigenvalue weighted by atomic mass is 32.2. The van der Waals surface area contributed by atoms with Gasteiger partial charge in [-0.1, -0.05) is 12.1 Å². The van der Waals surface area contributed by atoms with Crippen LogP contribution in [0.2, 0.25) is 0 Å². The van der Waals surface area contributed by atoms with E-state index in [0.29, 0.717) is 6.54 Å². The van der Waals surface area contributed by atoms with Crippen LogP contribution in [0, 0.1) is 6.92 Å². The molecule has 0 radical (unpaired) electrons. The molecule has 0 bridgehead atoms. The average Bonchev–Trinajstić information content (AvgIpc) is 3.12. The van der Waals surface area contributed by atoms with Crippen molar-refractivity contribution in [2.75, 3.05) is 39.4 Å². The molecule has 0 unspecified atom stereocenters. The second kappa shape index (κ2) is 10.8. The molecule has 2 aromatic rings. The lowest BCUT2D eigenvalue weighted by molar-refractivity contribution is 0.0372. The number of nitrogens with zero attached hydrogens (tertiary/aromatic N) is 2. The molecule has 0 saturated carbocycles. The summed E-state index contributed by atoms with van der Waals surface area (Å²) in [6.45, 7) is 7.54. The second-order valence-electron chi connectivity index (χ2n) is 6.56. The predicted octanol–water partition coefficient (Wildman–Crippen LogP) is 3.59. The number of unbranched alkanes of at least 4 members (excludes halogenated alkanes) is 1. The molecule has 1 aliphatic heterocycles. The van der Waals surface area contributed by atoms with Crippen molar-refractivity contribution in [3.8, 4) is 0 Å². The first-order valence-electron chi connectivity index (χ1n) is 9.43. The van der Waals surface area contributed by atoms with Crippen LogP contribution in [-0.4, -0.2) is 55.2 Å². The predicted molar refractivity (Wildman–Crippen MR) is 112 cm³/mol. The number of thioether (sulfide) groups is 1. The second-order valence-corrected chi connectivity index (χ2v) is 8.64. The Morgan fingerprint density at radius 1 is 1.30 bits per heavy atom. The number of hydrogen-bond donors (Lipinski definition) is 1. The average molecular weight is 406 g/mol. The number of rotatable bonds is 9. The Kier molecular flexibility index (Phi) is 8.13. The molecule has 146 valence electrons. The number of morpholine rings is 1. The quantitative estimate of drug-likeness (QED) is 0.510. The van der Waals surface area contributed by atoms with E-state index in [1.54, 1.807) is 23.1 Å². The first-order valence-corrected chi connectivity index (χ1v) is 11.3. The molecule has 1 aliphatic rings. The lowest BCUT2D eigenvalue weighted by Crippen LogP contribution is -2.37. The molecule has 5 nitrogen and oxygen atoms in total. The molecule has 1 saturated heterocycles. The first-order chi connectivity index (χ1) is 13.2. The molecule has 7 heteroatoms. The summed E-state index contributed by atoms with van der Waals surface area (Å²) in [6.07, 6.45) is 2.09. The highest BCUT2D eigenvalue weighted by molar-refractivity contribution is 7.98. The van der Waals surface area contributed by atoms with Crippen LogP contribution in [-0.2, 0) is 10.5 Å². The van der Waals surface area contributed by atoms with Crippen molar-refractivity contribution in [1.82, 2.24) is 15.2 Å². The molecule has 3 rings (SSSR count). The van der Waals surface area contributed by atoms with Gasteiger partial charge in [0.1, 0.15) is 0 Å². The summed E-state index contributed by atoms with van der Waals surface area (Å²) < 4.78 is 5.36. The summed E-state index contributed by atoms with van der Waals surface area (Å²) in [6, 6.07) is 7.81. The van der Waals surface area contributed by atoms with Crippen LogP contribution in [0.5, 0.6) is 0 Å². The number of aromatic nitrogens is 1. The van der Waals surface area contributed by atoms with Crippen molar-refractivity contribution in [2.45, 2.75) is 30.4 Å². The molecule has 1 aromatic heterocycles. The van der Waals surface area contributed by atoms with Gasteiger partial charge in [0.15, 0.2) is 0 Å². The molecule has 0 spiro atoms. The van der Waals surface area contributed by atoms with Crippen LogP contribution in [0.3, 0.4) is 0 Å². The van der Waals surface area contributed by atoms with Gasteiger partial charge in [-0.3, -0.25) is 9.69 Å². The number of benzene rings is 1. The van der Waals surface area contributed by atoms with Crippen molar-refractivity contribution in [3.05, 3.63) is 45.9 Å². The maximum atomic E-state index is 12.6. The zero-order chi connectivity index (χ0) is 18.9. The molecule has 1 N–H and O–H groups in total. The Hall–Kier alpha value is -1.41. The van der Waals surface area contributed by atoms with Gasteiger partial charge in [0.05, 0.1) is 29.5 Å². The third kappa shape index (κ3) is 6.60. The fourth-order valence-corrected chi connectivity index (χ4v) is 4.65. The highest BCUT2D eigenvalue weighted by Crippen LogP contribution is 2.26. The molecule has 0 atom stereocenters. The Bertz CT molecular complexity index is 730. The number of carbonyl (C=O) groups excluding carboxylic acids is 1. The topological polar surface area (TPSA) is 54.5 Å². The van der Waals surface area contributed by atoms with Gasteiger partial charge in [0.25, 0.3) is 5.91 Å². The lowest BCUT2D eigenvalue weighted by atomic mass is 10.2. The summed E-state index contributed by atoms with van der Waals surface area (Å²) in [5, 5.41) is 6.23. The van der Waals surface area contributed by atoms with Crippen molar-refractivity contribution < 1.29 is 9.53 Å². The van der Waals surface area contributed by atoms with Crippen molar-refractivity contribution in [3.63, 3.8) is 0 Å². The van der Waals surface area contributed by atoms with Crippen LogP contribution < -0.4 is 5.32 Å². The first kappa shape index (κ1) is 20.3. The zero-order valence-corrected chi connectivity index (χ0v) is 17.4. The fraction of sp³-hybridized carbons (Fsp3) is 0.500. The summed E-state index contributed by atoms with van der Waals surface area (Å²) >= 11 is 3.33. The molecule has 1 fully saturated rings. The van der Waals surface area contributed by atoms with Gasteiger partial charge in [0.2, 0.25) is 0 Å². The van der Waals surface area contributed by atoms with Crippen molar-refractivity contribution >= 4 is 29.0 Å². The van der Waals surface area contributed by atoms with E-state index in [9.17, 15) is 4.79 Å². The van der Waals surface area contributed by atoms with Crippen LogP contribution in [0.25, 0.3) is 0 Å². The van der Waals surface area contributed by atoms with Gasteiger partial charge in [-0.25, -0.2) is 4.98 Å². The molecular formula is C20H27N3O2S2. The van der Waals surface area contributed by atoms with Crippen LogP contribution in [0.4, 0.5) is 0 Å². The molecular weight excluding hydrogens is 378 g/mol. The van der Waals surface area contributed by atoms with E-state index in [-0.39, 0.29) is 5.91 Å². The largest absolute Gasteiger partial charge is 0.379 e. The molecule has 27 heavy (non-hydrogen) atoms. The highest BCUT2D eigenvalue weighted by Gasteiger charge is 2.12. The van der Waals surface area contributed by atoms with E-state index < -0.39 is 0 Å². The van der Waals surface area contributed by atoms with E-state index in [4.69, 9.17) is 4.74 Å². The van der Waals surface area contributed by atoms with Crippen LogP contribution in [0.15, 0.2) is 34.5 Å². The van der Waals surface area contributed by atoms with E-state index in [2.05, 4.69) is 20.6 Å². The minimum Gasteiger partial charge on any atom is -0.379 e.